The fourth-order valence-corrected chi connectivity index (χ4v) is 4.59. The summed E-state index contributed by atoms with van der Waals surface area (Å²) in [5.41, 5.74) is 2.15. The molecule has 5 rings (SSSR count). The van der Waals surface area contributed by atoms with Crippen LogP contribution in [0.4, 0.5) is 5.82 Å². The molecule has 4 heterocycles. The maximum Gasteiger partial charge on any atom is 0.226 e. The molecule has 1 aliphatic rings. The van der Waals surface area contributed by atoms with Crippen molar-refractivity contribution < 1.29 is 9.32 Å². The van der Waals surface area contributed by atoms with Crippen LogP contribution in [0.5, 0.6) is 0 Å². The van der Waals surface area contributed by atoms with E-state index >= 15 is 0 Å². The van der Waals surface area contributed by atoms with Crippen LogP contribution in [0.1, 0.15) is 25.5 Å². The number of rotatable bonds is 8. The maximum atomic E-state index is 12.5. The van der Waals surface area contributed by atoms with E-state index in [4.69, 9.17) is 14.5 Å². The summed E-state index contributed by atoms with van der Waals surface area (Å²) in [7, 11) is 0. The maximum absolute atomic E-state index is 12.5. The third-order valence-corrected chi connectivity index (χ3v) is 6.29. The first-order chi connectivity index (χ1) is 15.7. The molecule has 1 aliphatic heterocycles. The minimum Gasteiger partial charge on any atom is -0.356 e. The van der Waals surface area contributed by atoms with Gasteiger partial charge in [0.25, 0.3) is 0 Å². The Morgan fingerprint density at radius 2 is 2.03 bits per heavy atom. The molecular weight excluding hydrogens is 426 g/mol. The quantitative estimate of drug-likeness (QED) is 0.322. The van der Waals surface area contributed by atoms with E-state index in [1.54, 1.807) is 11.8 Å². The van der Waals surface area contributed by atoms with Crippen LogP contribution in [-0.4, -0.2) is 56.2 Å². The molecule has 1 amide bonds. The number of thioether (sulfide) groups is 1. The Kier molecular flexibility index (Phi) is 5.93. The minimum atomic E-state index is -0.102. The first-order valence-electron chi connectivity index (χ1n) is 10.9. The molecule has 0 radical (unpaired) electrons. The molecule has 4 aromatic rings. The highest BCUT2D eigenvalue weighted by Gasteiger charge is 2.21. The van der Waals surface area contributed by atoms with E-state index in [1.807, 2.05) is 35.1 Å². The summed E-state index contributed by atoms with van der Waals surface area (Å²) in [5.74, 6) is 1.78. The standard InChI is InChI=1S/C22H25N7O2S/c1-2-32-22-25-20(28-10-5-6-11-28)16-14-24-29(21(16)26-22)12-9-23-19(30)13-17-15-7-3-4-8-18(15)31-27-17/h3-4,7-8,14H,2,5-6,9-13H2,1H3,(H,23,30). The lowest BCUT2D eigenvalue weighted by Gasteiger charge is -2.17. The van der Waals surface area contributed by atoms with E-state index in [-0.39, 0.29) is 12.3 Å². The first kappa shape index (κ1) is 20.7. The molecular formula is C22H25N7O2S. The summed E-state index contributed by atoms with van der Waals surface area (Å²) < 4.78 is 7.13. The Labute approximate surface area is 189 Å². The zero-order valence-electron chi connectivity index (χ0n) is 18.0. The Morgan fingerprint density at radius 1 is 1.19 bits per heavy atom. The molecule has 32 heavy (non-hydrogen) atoms. The number of nitrogens with zero attached hydrogens (tertiary/aromatic N) is 6. The molecule has 1 N–H and O–H groups in total. The van der Waals surface area contributed by atoms with Crippen LogP contribution >= 0.6 is 11.8 Å². The lowest BCUT2D eigenvalue weighted by atomic mass is 10.1. The number of aromatic nitrogens is 5. The molecule has 0 atom stereocenters. The highest BCUT2D eigenvalue weighted by molar-refractivity contribution is 7.99. The summed E-state index contributed by atoms with van der Waals surface area (Å²) in [4.78, 5) is 24.3. The molecule has 1 aromatic carbocycles. The number of hydrogen-bond acceptors (Lipinski definition) is 8. The van der Waals surface area contributed by atoms with Crippen LogP contribution in [0.15, 0.2) is 40.1 Å². The SMILES string of the molecule is CCSc1nc(N2CCCC2)c2cnn(CCNC(=O)Cc3noc4ccccc34)c2n1. The highest BCUT2D eigenvalue weighted by Crippen LogP contribution is 2.29. The van der Waals surface area contributed by atoms with Gasteiger partial charge in [-0.3, -0.25) is 4.79 Å². The van der Waals surface area contributed by atoms with Gasteiger partial charge in [-0.1, -0.05) is 36.0 Å². The van der Waals surface area contributed by atoms with Crippen LogP contribution in [0.2, 0.25) is 0 Å². The number of fused-ring (bicyclic) bond motifs is 2. The normalized spacial score (nSPS) is 14.0. The van der Waals surface area contributed by atoms with E-state index in [9.17, 15) is 4.79 Å². The smallest absolute Gasteiger partial charge is 0.226 e. The summed E-state index contributed by atoms with van der Waals surface area (Å²) in [6.07, 6.45) is 4.38. The van der Waals surface area contributed by atoms with Crippen LogP contribution in [0.3, 0.4) is 0 Å². The molecule has 9 nitrogen and oxygen atoms in total. The summed E-state index contributed by atoms with van der Waals surface area (Å²) in [6.45, 7) is 5.10. The van der Waals surface area contributed by atoms with E-state index in [0.29, 0.717) is 24.4 Å². The van der Waals surface area contributed by atoms with Gasteiger partial charge in [0.1, 0.15) is 11.5 Å². The predicted octanol–water partition coefficient (Wildman–Crippen LogP) is 3.04. The Balaban J connectivity index is 1.28. The van der Waals surface area contributed by atoms with Gasteiger partial charge in [-0.2, -0.15) is 5.10 Å². The van der Waals surface area contributed by atoms with Gasteiger partial charge in [0.15, 0.2) is 16.4 Å². The monoisotopic (exact) mass is 451 g/mol. The molecule has 0 saturated carbocycles. The molecule has 1 fully saturated rings. The zero-order chi connectivity index (χ0) is 21.9. The average molecular weight is 452 g/mol. The van der Waals surface area contributed by atoms with Gasteiger partial charge in [0.2, 0.25) is 5.91 Å². The van der Waals surface area contributed by atoms with Gasteiger partial charge in [-0.05, 0) is 30.7 Å². The second kappa shape index (κ2) is 9.15. The summed E-state index contributed by atoms with van der Waals surface area (Å²) >= 11 is 1.63. The predicted molar refractivity (Wildman–Crippen MR) is 124 cm³/mol. The van der Waals surface area contributed by atoms with Crippen molar-refractivity contribution in [3.8, 4) is 0 Å². The number of benzene rings is 1. The van der Waals surface area contributed by atoms with Gasteiger partial charge in [0, 0.05) is 25.0 Å². The molecule has 0 spiro atoms. The largest absolute Gasteiger partial charge is 0.356 e. The number of amides is 1. The van der Waals surface area contributed by atoms with Crippen LogP contribution < -0.4 is 10.2 Å². The van der Waals surface area contributed by atoms with E-state index in [1.165, 1.54) is 12.8 Å². The van der Waals surface area contributed by atoms with E-state index in [0.717, 1.165) is 46.2 Å². The van der Waals surface area contributed by atoms with Crippen LogP contribution in [-0.2, 0) is 17.8 Å². The molecule has 10 heteroatoms. The van der Waals surface area contributed by atoms with Crippen molar-refractivity contribution in [2.75, 3.05) is 30.3 Å². The lowest BCUT2D eigenvalue weighted by Crippen LogP contribution is -2.29. The fourth-order valence-electron chi connectivity index (χ4n) is 4.03. The molecule has 1 saturated heterocycles. The van der Waals surface area contributed by atoms with Crippen molar-refractivity contribution in [1.82, 2.24) is 30.2 Å². The Hall–Kier alpha value is -3.14. The molecule has 166 valence electrons. The van der Waals surface area contributed by atoms with Gasteiger partial charge < -0.3 is 14.7 Å². The number of para-hydroxylation sites is 1. The zero-order valence-corrected chi connectivity index (χ0v) is 18.8. The molecule has 0 bridgehead atoms. The Bertz CT molecular complexity index is 1250. The number of anilines is 1. The van der Waals surface area contributed by atoms with E-state index < -0.39 is 0 Å². The summed E-state index contributed by atoms with van der Waals surface area (Å²) in [6, 6.07) is 7.55. The van der Waals surface area contributed by atoms with Crippen molar-refractivity contribution >= 4 is 45.5 Å². The lowest BCUT2D eigenvalue weighted by molar-refractivity contribution is -0.120. The minimum absolute atomic E-state index is 0.102. The van der Waals surface area contributed by atoms with Gasteiger partial charge in [-0.15, -0.1) is 0 Å². The second-order valence-electron chi connectivity index (χ2n) is 7.71. The van der Waals surface area contributed by atoms with Crippen molar-refractivity contribution in [2.24, 2.45) is 0 Å². The van der Waals surface area contributed by atoms with Crippen molar-refractivity contribution in [3.63, 3.8) is 0 Å². The third kappa shape index (κ3) is 4.14. The summed E-state index contributed by atoms with van der Waals surface area (Å²) in [5, 5.41) is 14.1. The third-order valence-electron chi connectivity index (χ3n) is 5.56. The molecule has 0 unspecified atom stereocenters. The average Bonchev–Trinajstić information content (AvgIpc) is 3.55. The van der Waals surface area contributed by atoms with Gasteiger partial charge in [0.05, 0.1) is 24.5 Å². The molecule has 0 aliphatic carbocycles. The second-order valence-corrected chi connectivity index (χ2v) is 8.95. The topological polar surface area (TPSA) is 102 Å². The van der Waals surface area contributed by atoms with E-state index in [2.05, 4.69) is 27.4 Å². The fraction of sp³-hybridized carbons (Fsp3) is 0.409. The van der Waals surface area contributed by atoms with Crippen LogP contribution in [0, 0.1) is 0 Å². The van der Waals surface area contributed by atoms with Crippen molar-refractivity contribution in [2.45, 2.75) is 37.9 Å². The molecule has 3 aromatic heterocycles. The van der Waals surface area contributed by atoms with Crippen molar-refractivity contribution in [1.29, 1.82) is 0 Å². The van der Waals surface area contributed by atoms with Gasteiger partial charge >= 0.3 is 0 Å². The highest BCUT2D eigenvalue weighted by atomic mass is 32.2. The van der Waals surface area contributed by atoms with Crippen LogP contribution in [0.25, 0.3) is 22.0 Å². The van der Waals surface area contributed by atoms with Crippen molar-refractivity contribution in [3.05, 3.63) is 36.2 Å². The number of hydrogen-bond donors (Lipinski definition) is 1. The number of nitrogens with one attached hydrogen (secondary N) is 1. The first-order valence-corrected chi connectivity index (χ1v) is 11.9. The number of carbonyl (C=O) groups is 1. The number of carbonyl (C=O) groups excluding carboxylic acids is 1. The Morgan fingerprint density at radius 3 is 2.88 bits per heavy atom. The van der Waals surface area contributed by atoms with Gasteiger partial charge in [-0.25, -0.2) is 14.6 Å².